The lowest BCUT2D eigenvalue weighted by Gasteiger charge is -2.12. The number of hydrogen-bond donors (Lipinski definition) is 1. The Balaban J connectivity index is 0.00000256. The van der Waals surface area contributed by atoms with Crippen molar-refractivity contribution in [3.8, 4) is 0 Å². The van der Waals surface area contributed by atoms with Crippen LogP contribution in [0.1, 0.15) is 18.0 Å². The first-order valence-electron chi connectivity index (χ1n) is 4.42. The Bertz CT molecular complexity index is 394. The lowest BCUT2D eigenvalue weighted by Crippen LogP contribution is -2.19. The summed E-state index contributed by atoms with van der Waals surface area (Å²) >= 11 is 2.95. The van der Waals surface area contributed by atoms with Gasteiger partial charge in [-0.3, -0.25) is 4.79 Å². The molecule has 0 bridgehead atoms. The number of hydrogen-bond acceptors (Lipinski definition) is 3. The molecule has 0 aliphatic carbocycles. The molecule has 1 aromatic rings. The molecule has 0 amide bonds. The number of esters is 1. The van der Waals surface area contributed by atoms with Crippen LogP contribution in [0, 0.1) is 11.6 Å². The Morgan fingerprint density at radius 2 is 1.94 bits per heavy atom. The molecule has 0 aromatic heterocycles. The van der Waals surface area contributed by atoms with E-state index in [0.29, 0.717) is 0 Å². The van der Waals surface area contributed by atoms with Crippen LogP contribution < -0.4 is 5.73 Å². The third kappa shape index (κ3) is 4.22. The average molecular weight is 331 g/mol. The molecule has 0 aliphatic rings. The third-order valence-electron chi connectivity index (χ3n) is 2.03. The largest absolute Gasteiger partial charge is 0.469 e. The summed E-state index contributed by atoms with van der Waals surface area (Å²) < 4.78 is 31.5. The van der Waals surface area contributed by atoms with E-state index in [1.807, 2.05) is 0 Å². The van der Waals surface area contributed by atoms with Gasteiger partial charge in [0.2, 0.25) is 0 Å². The number of carbonyl (C=O) groups excluding carboxylic acids is 1. The Hall–Kier alpha value is -0.720. The van der Waals surface area contributed by atoms with Crippen molar-refractivity contribution >= 4 is 34.3 Å². The van der Waals surface area contributed by atoms with E-state index >= 15 is 0 Å². The van der Waals surface area contributed by atoms with E-state index in [9.17, 15) is 13.6 Å². The standard InChI is InChI=1S/C10H10BrF2NO2.ClH/c1-16-9(15)4-8(14)10-6(12)2-5(11)3-7(10)13;/h2-3,8H,4,14H2,1H3;1H/t8-;/m0./s1. The maximum atomic E-state index is 13.4. The van der Waals surface area contributed by atoms with Gasteiger partial charge in [0.15, 0.2) is 0 Å². The van der Waals surface area contributed by atoms with Crippen LogP contribution in [0.4, 0.5) is 8.78 Å². The Morgan fingerprint density at radius 1 is 1.47 bits per heavy atom. The summed E-state index contributed by atoms with van der Waals surface area (Å²) in [5, 5.41) is 0. The van der Waals surface area contributed by atoms with Crippen molar-refractivity contribution in [1.82, 2.24) is 0 Å². The quantitative estimate of drug-likeness (QED) is 0.867. The average Bonchev–Trinajstić information content (AvgIpc) is 2.15. The Kier molecular flexibility index (Phi) is 6.59. The van der Waals surface area contributed by atoms with Gasteiger partial charge in [-0.15, -0.1) is 12.4 Å². The first kappa shape index (κ1) is 16.3. The molecule has 1 aromatic carbocycles. The minimum Gasteiger partial charge on any atom is -0.469 e. The van der Waals surface area contributed by atoms with Crippen LogP contribution in [0.25, 0.3) is 0 Å². The normalized spacial score (nSPS) is 11.6. The predicted molar refractivity (Wildman–Crippen MR) is 64.9 cm³/mol. The summed E-state index contributed by atoms with van der Waals surface area (Å²) in [5.74, 6) is -2.19. The SMILES string of the molecule is COC(=O)C[C@H](N)c1c(F)cc(Br)cc1F.Cl. The van der Waals surface area contributed by atoms with Crippen molar-refractivity contribution in [2.24, 2.45) is 5.73 Å². The number of carbonyl (C=O) groups is 1. The van der Waals surface area contributed by atoms with Gasteiger partial charge >= 0.3 is 5.97 Å². The van der Waals surface area contributed by atoms with Crippen molar-refractivity contribution in [3.63, 3.8) is 0 Å². The van der Waals surface area contributed by atoms with Crippen LogP contribution in [-0.2, 0) is 9.53 Å². The molecule has 17 heavy (non-hydrogen) atoms. The van der Waals surface area contributed by atoms with Crippen molar-refractivity contribution in [1.29, 1.82) is 0 Å². The fourth-order valence-electron chi connectivity index (χ4n) is 1.27. The summed E-state index contributed by atoms with van der Waals surface area (Å²) in [6.07, 6.45) is -0.272. The zero-order chi connectivity index (χ0) is 12.3. The number of nitrogens with two attached hydrogens (primary N) is 1. The number of methoxy groups -OCH3 is 1. The van der Waals surface area contributed by atoms with Gasteiger partial charge in [0.1, 0.15) is 11.6 Å². The summed E-state index contributed by atoms with van der Waals surface area (Å²) in [4.78, 5) is 10.9. The lowest BCUT2D eigenvalue weighted by atomic mass is 10.0. The fourth-order valence-corrected chi connectivity index (χ4v) is 1.67. The molecule has 3 nitrogen and oxygen atoms in total. The molecule has 0 radical (unpaired) electrons. The maximum absolute atomic E-state index is 13.4. The van der Waals surface area contributed by atoms with E-state index in [4.69, 9.17) is 5.73 Å². The van der Waals surface area contributed by atoms with E-state index in [1.165, 1.54) is 7.11 Å². The van der Waals surface area contributed by atoms with Gasteiger partial charge in [-0.25, -0.2) is 8.78 Å². The zero-order valence-corrected chi connectivity index (χ0v) is 11.3. The summed E-state index contributed by atoms with van der Waals surface area (Å²) in [6.45, 7) is 0. The molecule has 0 aliphatic heterocycles. The molecule has 0 unspecified atom stereocenters. The van der Waals surface area contributed by atoms with Crippen LogP contribution in [-0.4, -0.2) is 13.1 Å². The molecule has 1 atom stereocenters. The van der Waals surface area contributed by atoms with Gasteiger partial charge in [0, 0.05) is 16.1 Å². The topological polar surface area (TPSA) is 52.3 Å². The summed E-state index contributed by atoms with van der Waals surface area (Å²) in [6, 6.07) is 1.13. The zero-order valence-electron chi connectivity index (χ0n) is 8.88. The highest BCUT2D eigenvalue weighted by Crippen LogP contribution is 2.25. The molecule has 0 heterocycles. The molecular formula is C10H11BrClF2NO2. The third-order valence-corrected chi connectivity index (χ3v) is 2.49. The van der Waals surface area contributed by atoms with E-state index in [2.05, 4.69) is 20.7 Å². The highest BCUT2D eigenvalue weighted by Gasteiger charge is 2.20. The number of ether oxygens (including phenoxy) is 1. The van der Waals surface area contributed by atoms with Crippen LogP contribution in [0.15, 0.2) is 16.6 Å². The van der Waals surface area contributed by atoms with Crippen LogP contribution in [0.3, 0.4) is 0 Å². The second kappa shape index (κ2) is 6.88. The lowest BCUT2D eigenvalue weighted by molar-refractivity contribution is -0.141. The van der Waals surface area contributed by atoms with Gasteiger partial charge in [-0.05, 0) is 12.1 Å². The minimum atomic E-state index is -1.06. The predicted octanol–water partition coefficient (Wildman–Crippen LogP) is 2.71. The molecule has 0 saturated heterocycles. The smallest absolute Gasteiger partial charge is 0.307 e. The monoisotopic (exact) mass is 329 g/mol. The van der Waals surface area contributed by atoms with Crippen molar-refractivity contribution < 1.29 is 18.3 Å². The molecule has 2 N–H and O–H groups in total. The van der Waals surface area contributed by atoms with Gasteiger partial charge in [-0.2, -0.15) is 0 Å². The van der Waals surface area contributed by atoms with E-state index in [1.54, 1.807) is 0 Å². The molecule has 0 spiro atoms. The first-order valence-corrected chi connectivity index (χ1v) is 5.21. The Labute approximate surface area is 112 Å². The summed E-state index contributed by atoms with van der Waals surface area (Å²) in [7, 11) is 1.18. The molecule has 0 saturated carbocycles. The maximum Gasteiger partial charge on any atom is 0.307 e. The van der Waals surface area contributed by atoms with Gasteiger partial charge < -0.3 is 10.5 Å². The number of rotatable bonds is 3. The fraction of sp³-hybridized carbons (Fsp3) is 0.300. The minimum absolute atomic E-state index is 0. The van der Waals surface area contributed by atoms with Crippen LogP contribution >= 0.6 is 28.3 Å². The highest BCUT2D eigenvalue weighted by atomic mass is 79.9. The van der Waals surface area contributed by atoms with Crippen molar-refractivity contribution in [2.45, 2.75) is 12.5 Å². The molecule has 96 valence electrons. The van der Waals surface area contributed by atoms with E-state index in [0.717, 1.165) is 12.1 Å². The molecule has 1 rings (SSSR count). The van der Waals surface area contributed by atoms with Gasteiger partial charge in [0.05, 0.1) is 13.5 Å². The van der Waals surface area contributed by atoms with Gasteiger partial charge in [-0.1, -0.05) is 15.9 Å². The number of halogens is 4. The van der Waals surface area contributed by atoms with Crippen molar-refractivity contribution in [3.05, 3.63) is 33.8 Å². The van der Waals surface area contributed by atoms with Crippen LogP contribution in [0.5, 0.6) is 0 Å². The second-order valence-corrected chi connectivity index (χ2v) is 4.09. The molecular weight excluding hydrogens is 319 g/mol. The second-order valence-electron chi connectivity index (χ2n) is 3.17. The first-order chi connectivity index (χ1) is 7.45. The van der Waals surface area contributed by atoms with Crippen molar-refractivity contribution in [2.75, 3.05) is 7.11 Å². The number of benzene rings is 1. The van der Waals surface area contributed by atoms with Gasteiger partial charge in [0.25, 0.3) is 0 Å². The Morgan fingerprint density at radius 3 is 2.35 bits per heavy atom. The van der Waals surface area contributed by atoms with Crippen LogP contribution in [0.2, 0.25) is 0 Å². The van der Waals surface area contributed by atoms with E-state index in [-0.39, 0.29) is 28.9 Å². The van der Waals surface area contributed by atoms with E-state index < -0.39 is 23.6 Å². The molecule has 0 fully saturated rings. The molecule has 7 heteroatoms. The summed E-state index contributed by atoms with van der Waals surface area (Å²) in [5.41, 5.74) is 5.22. The highest BCUT2D eigenvalue weighted by molar-refractivity contribution is 9.10.